The Labute approximate surface area is 170 Å². The van der Waals surface area contributed by atoms with E-state index < -0.39 is 5.97 Å². The third kappa shape index (κ3) is 5.44. The van der Waals surface area contributed by atoms with Crippen molar-refractivity contribution in [2.75, 3.05) is 37.7 Å². The summed E-state index contributed by atoms with van der Waals surface area (Å²) in [5.74, 6) is -1.22. The second-order valence-electron chi connectivity index (χ2n) is 7.08. The van der Waals surface area contributed by atoms with Crippen molar-refractivity contribution in [2.24, 2.45) is 0 Å². The molecular weight excluding hydrogens is 371 g/mol. The van der Waals surface area contributed by atoms with Gasteiger partial charge in [-0.15, -0.1) is 0 Å². The van der Waals surface area contributed by atoms with E-state index in [1.54, 1.807) is 17.0 Å². The van der Waals surface area contributed by atoms with Gasteiger partial charge >= 0.3 is 5.97 Å². The summed E-state index contributed by atoms with van der Waals surface area (Å²) in [6, 6.07) is 12.1. The van der Waals surface area contributed by atoms with Gasteiger partial charge in [0.25, 0.3) is 5.91 Å². The Morgan fingerprint density at radius 2 is 1.79 bits per heavy atom. The number of halogens is 1. The Bertz CT molecular complexity index is 918. The van der Waals surface area contributed by atoms with Crippen molar-refractivity contribution in [1.29, 1.82) is 0 Å². The first-order chi connectivity index (χ1) is 13.9. The van der Waals surface area contributed by atoms with Gasteiger partial charge in [0.1, 0.15) is 5.82 Å². The first kappa shape index (κ1) is 20.6. The molecule has 152 valence electrons. The smallest absolute Gasteiger partial charge is 0.331 e. The molecule has 6 heteroatoms. The molecule has 1 heterocycles. The monoisotopic (exact) mass is 396 g/mol. The summed E-state index contributed by atoms with van der Waals surface area (Å²) in [6.45, 7) is 6.56. The summed E-state index contributed by atoms with van der Waals surface area (Å²) in [5.41, 5.74) is 4.26. The van der Waals surface area contributed by atoms with Gasteiger partial charge in [-0.25, -0.2) is 9.18 Å². The van der Waals surface area contributed by atoms with Crippen molar-refractivity contribution in [3.63, 3.8) is 0 Å². The normalized spacial score (nSPS) is 14.3. The predicted octanol–water partition coefficient (Wildman–Crippen LogP) is 3.35. The molecule has 1 amide bonds. The van der Waals surface area contributed by atoms with Crippen molar-refractivity contribution in [1.82, 2.24) is 4.90 Å². The van der Waals surface area contributed by atoms with Gasteiger partial charge in [-0.1, -0.05) is 24.3 Å². The summed E-state index contributed by atoms with van der Waals surface area (Å²) in [6.07, 6.45) is 2.65. The van der Waals surface area contributed by atoms with Crippen LogP contribution in [0.15, 0.2) is 48.5 Å². The molecule has 0 bridgehead atoms. The summed E-state index contributed by atoms with van der Waals surface area (Å²) in [4.78, 5) is 28.1. The lowest BCUT2D eigenvalue weighted by Gasteiger charge is -2.37. The zero-order valence-corrected chi connectivity index (χ0v) is 16.7. The molecule has 0 N–H and O–H groups in total. The molecule has 0 spiro atoms. The number of hydrogen-bond donors (Lipinski definition) is 0. The fraction of sp³-hybridized carbons (Fsp3) is 0.304. The SMILES string of the molecule is Cc1cccc(N2CCN(C(=O)COC(=O)/C=C/c3cccc(F)c3)CC2)c1C. The molecule has 0 aromatic heterocycles. The van der Waals surface area contributed by atoms with Gasteiger partial charge in [-0.3, -0.25) is 4.79 Å². The van der Waals surface area contributed by atoms with Crippen molar-refractivity contribution < 1.29 is 18.7 Å². The van der Waals surface area contributed by atoms with Gasteiger partial charge in [-0.2, -0.15) is 0 Å². The zero-order valence-electron chi connectivity index (χ0n) is 16.7. The minimum Gasteiger partial charge on any atom is -0.452 e. The van der Waals surface area contributed by atoms with Crippen LogP contribution in [0.3, 0.4) is 0 Å². The molecule has 5 nitrogen and oxygen atoms in total. The van der Waals surface area contributed by atoms with Crippen LogP contribution in [0.25, 0.3) is 6.08 Å². The Hall–Kier alpha value is -3.15. The summed E-state index contributed by atoms with van der Waals surface area (Å²) >= 11 is 0. The first-order valence-electron chi connectivity index (χ1n) is 9.63. The maximum atomic E-state index is 13.1. The van der Waals surface area contributed by atoms with Crippen molar-refractivity contribution >= 4 is 23.6 Å². The molecule has 1 saturated heterocycles. The van der Waals surface area contributed by atoms with E-state index in [0.29, 0.717) is 18.7 Å². The number of anilines is 1. The standard InChI is InChI=1S/C23H25FN2O3/c1-17-5-3-8-21(18(17)2)25-11-13-26(14-12-25)22(27)16-29-23(28)10-9-19-6-4-7-20(24)15-19/h3-10,15H,11-14,16H2,1-2H3/b10-9+. The maximum absolute atomic E-state index is 13.1. The molecule has 0 aliphatic carbocycles. The fourth-order valence-corrected chi connectivity index (χ4v) is 3.32. The van der Waals surface area contributed by atoms with E-state index in [9.17, 15) is 14.0 Å². The van der Waals surface area contributed by atoms with Crippen molar-refractivity contribution in [2.45, 2.75) is 13.8 Å². The highest BCUT2D eigenvalue weighted by atomic mass is 19.1. The number of carbonyl (C=O) groups excluding carboxylic acids is 2. The van der Waals surface area contributed by atoms with Crippen LogP contribution in [0.2, 0.25) is 0 Å². The Morgan fingerprint density at radius 1 is 1.07 bits per heavy atom. The Balaban J connectivity index is 1.46. The fourth-order valence-electron chi connectivity index (χ4n) is 3.32. The number of nitrogens with zero attached hydrogens (tertiary/aromatic N) is 2. The molecular formula is C23H25FN2O3. The molecule has 2 aromatic carbocycles. The van der Waals surface area contributed by atoms with Crippen LogP contribution in [0.1, 0.15) is 16.7 Å². The zero-order chi connectivity index (χ0) is 20.8. The largest absolute Gasteiger partial charge is 0.452 e. The van der Waals surface area contributed by atoms with Crippen LogP contribution in [-0.2, 0) is 14.3 Å². The van der Waals surface area contributed by atoms with Crippen LogP contribution in [0.4, 0.5) is 10.1 Å². The number of amides is 1. The third-order valence-corrected chi connectivity index (χ3v) is 5.15. The van der Waals surface area contributed by atoms with Gasteiger partial charge in [-0.05, 0) is 54.8 Å². The quantitative estimate of drug-likeness (QED) is 0.575. The first-order valence-corrected chi connectivity index (χ1v) is 9.63. The number of aryl methyl sites for hydroxylation is 1. The molecule has 1 aliphatic rings. The summed E-state index contributed by atoms with van der Waals surface area (Å²) < 4.78 is 18.2. The molecule has 0 radical (unpaired) electrons. The lowest BCUT2D eigenvalue weighted by molar-refractivity contribution is -0.148. The minimum atomic E-state index is -0.628. The van der Waals surface area contributed by atoms with E-state index in [1.807, 2.05) is 6.07 Å². The van der Waals surface area contributed by atoms with Gasteiger partial charge in [0.2, 0.25) is 0 Å². The number of rotatable bonds is 5. The van der Waals surface area contributed by atoms with E-state index in [1.165, 1.54) is 41.1 Å². The number of ether oxygens (including phenoxy) is 1. The molecule has 0 atom stereocenters. The molecule has 1 aliphatic heterocycles. The summed E-state index contributed by atoms with van der Waals surface area (Å²) in [7, 11) is 0. The highest BCUT2D eigenvalue weighted by molar-refractivity contribution is 5.89. The molecule has 0 unspecified atom stereocenters. The minimum absolute atomic E-state index is 0.210. The summed E-state index contributed by atoms with van der Waals surface area (Å²) in [5, 5.41) is 0. The number of carbonyl (C=O) groups is 2. The average molecular weight is 396 g/mol. The molecule has 2 aromatic rings. The third-order valence-electron chi connectivity index (χ3n) is 5.15. The Morgan fingerprint density at radius 3 is 2.52 bits per heavy atom. The number of hydrogen-bond acceptors (Lipinski definition) is 4. The van der Waals surface area contributed by atoms with E-state index in [4.69, 9.17) is 4.74 Å². The van der Waals surface area contributed by atoms with Crippen molar-refractivity contribution in [3.05, 3.63) is 71.0 Å². The van der Waals surface area contributed by atoms with E-state index in [-0.39, 0.29) is 18.3 Å². The second-order valence-corrected chi connectivity index (χ2v) is 7.08. The van der Waals surface area contributed by atoms with E-state index in [2.05, 4.69) is 30.9 Å². The maximum Gasteiger partial charge on any atom is 0.331 e. The second kappa shape index (κ2) is 9.37. The van der Waals surface area contributed by atoms with Gasteiger partial charge in [0.05, 0.1) is 0 Å². The lowest BCUT2D eigenvalue weighted by atomic mass is 10.1. The van der Waals surface area contributed by atoms with Crippen LogP contribution in [0, 0.1) is 19.7 Å². The van der Waals surface area contributed by atoms with Gasteiger partial charge < -0.3 is 14.5 Å². The topological polar surface area (TPSA) is 49.9 Å². The van der Waals surface area contributed by atoms with E-state index >= 15 is 0 Å². The van der Waals surface area contributed by atoms with Crippen LogP contribution in [0.5, 0.6) is 0 Å². The van der Waals surface area contributed by atoms with E-state index in [0.717, 1.165) is 13.1 Å². The lowest BCUT2D eigenvalue weighted by Crippen LogP contribution is -2.50. The van der Waals surface area contributed by atoms with Gasteiger partial charge in [0, 0.05) is 37.9 Å². The highest BCUT2D eigenvalue weighted by Crippen LogP contribution is 2.23. The number of piperazine rings is 1. The van der Waals surface area contributed by atoms with Gasteiger partial charge in [0.15, 0.2) is 6.61 Å². The van der Waals surface area contributed by atoms with Crippen LogP contribution < -0.4 is 4.90 Å². The molecule has 3 rings (SSSR count). The number of esters is 1. The predicted molar refractivity (Wildman–Crippen MR) is 111 cm³/mol. The highest BCUT2D eigenvalue weighted by Gasteiger charge is 2.22. The Kier molecular flexibility index (Phi) is 6.65. The van der Waals surface area contributed by atoms with Crippen LogP contribution >= 0.6 is 0 Å². The number of benzene rings is 2. The van der Waals surface area contributed by atoms with Crippen molar-refractivity contribution in [3.8, 4) is 0 Å². The average Bonchev–Trinajstić information content (AvgIpc) is 2.73. The van der Waals surface area contributed by atoms with Crippen LogP contribution in [-0.4, -0.2) is 49.6 Å². The molecule has 29 heavy (non-hydrogen) atoms. The molecule has 0 saturated carbocycles. The molecule has 1 fully saturated rings.